The number of ketones is 1. The van der Waals surface area contributed by atoms with Gasteiger partial charge in [0.05, 0.1) is 12.7 Å². The number of aliphatic hydroxyl groups is 3. The summed E-state index contributed by atoms with van der Waals surface area (Å²) < 4.78 is 0. The average molecular weight is 338 g/mol. The van der Waals surface area contributed by atoms with Crippen LogP contribution >= 0.6 is 0 Å². The maximum absolute atomic E-state index is 13.2. The minimum Gasteiger partial charge on any atom is -0.412 e. The normalized spacial score (nSPS) is 47.7. The first kappa shape index (κ1) is 17.8. The average Bonchev–Trinajstić information content (AvgIpc) is 3.28. The van der Waals surface area contributed by atoms with Crippen LogP contribution in [0.2, 0.25) is 0 Å². The predicted molar refractivity (Wildman–Crippen MR) is 91.2 cm³/mol. The molecule has 0 aliphatic heterocycles. The summed E-state index contributed by atoms with van der Waals surface area (Å²) in [7, 11) is 0. The topological polar surface area (TPSA) is 109 Å². The van der Waals surface area contributed by atoms with Crippen LogP contribution in [0.3, 0.4) is 0 Å². The van der Waals surface area contributed by atoms with Crippen molar-refractivity contribution >= 4 is 5.78 Å². The van der Waals surface area contributed by atoms with Gasteiger partial charge in [-0.05, 0) is 54.6 Å². The van der Waals surface area contributed by atoms with Crippen molar-refractivity contribution < 1.29 is 27.0 Å². The summed E-state index contributed by atoms with van der Waals surface area (Å²) in [5, 5.41) is 31.1. The summed E-state index contributed by atoms with van der Waals surface area (Å²) >= 11 is 0. The minimum absolute atomic E-state index is 0. The molecule has 4 rings (SSSR count). The second-order valence-corrected chi connectivity index (χ2v) is 8.55. The highest BCUT2D eigenvalue weighted by molar-refractivity contribution is 6.01. The number of rotatable bonds is 1. The molecule has 4 aliphatic carbocycles. The number of Topliss-reactive ketones (excluding diaryl/α,β-unsaturated/α-hetero) is 1. The summed E-state index contributed by atoms with van der Waals surface area (Å²) in [5.41, 5.74) is 1.29. The molecule has 0 aromatic rings. The molecule has 3 saturated carbocycles. The molecule has 0 radical (unpaired) electrons. The molecular weight excluding hydrogens is 308 g/mol. The summed E-state index contributed by atoms with van der Waals surface area (Å²) in [5.74, 6) is 0.0887. The van der Waals surface area contributed by atoms with Gasteiger partial charge in [0.1, 0.15) is 0 Å². The van der Waals surface area contributed by atoms with Gasteiger partial charge in [0.15, 0.2) is 11.4 Å². The quantitative estimate of drug-likeness (QED) is 0.620. The lowest BCUT2D eigenvalue weighted by Gasteiger charge is -2.22. The Morgan fingerprint density at radius 1 is 1.38 bits per heavy atom. The second-order valence-electron chi connectivity index (χ2n) is 8.55. The van der Waals surface area contributed by atoms with Gasteiger partial charge in [0, 0.05) is 13.3 Å². The number of hydrogen-bond donors (Lipinski definition) is 3. The zero-order valence-electron chi connectivity index (χ0n) is 14.5. The largest absolute Gasteiger partial charge is 0.412 e. The Morgan fingerprint density at radius 3 is 2.67 bits per heavy atom. The highest BCUT2D eigenvalue weighted by atomic mass is 16.3. The Morgan fingerprint density at radius 2 is 2.04 bits per heavy atom. The van der Waals surface area contributed by atoms with Crippen LogP contribution in [0.25, 0.3) is 0 Å². The number of carbonyl (C=O) groups excluding carboxylic acids is 1. The van der Waals surface area contributed by atoms with Crippen molar-refractivity contribution in [1.82, 2.24) is 0 Å². The van der Waals surface area contributed by atoms with Gasteiger partial charge >= 0.3 is 0 Å². The lowest BCUT2D eigenvalue weighted by atomic mass is 9.85. The van der Waals surface area contributed by atoms with E-state index in [0.29, 0.717) is 24.3 Å². The van der Waals surface area contributed by atoms with Crippen molar-refractivity contribution in [3.8, 4) is 0 Å². The Kier molecular flexibility index (Phi) is 3.89. The first-order chi connectivity index (χ1) is 10.7. The maximum Gasteiger partial charge on any atom is 0.176 e. The van der Waals surface area contributed by atoms with E-state index in [1.807, 2.05) is 6.92 Å². The van der Waals surface area contributed by atoms with Crippen LogP contribution < -0.4 is 0 Å². The van der Waals surface area contributed by atoms with Gasteiger partial charge < -0.3 is 20.8 Å². The third-order valence-corrected chi connectivity index (χ3v) is 7.13. The van der Waals surface area contributed by atoms with Crippen LogP contribution in [0.5, 0.6) is 0 Å². The molecule has 24 heavy (non-hydrogen) atoms. The van der Waals surface area contributed by atoms with E-state index in [-0.39, 0.29) is 36.5 Å². The molecule has 5 nitrogen and oxygen atoms in total. The minimum atomic E-state index is -1.28. The number of fused-ring (bicyclic) bond motifs is 4. The Balaban J connectivity index is 0.00000113. The third-order valence-electron chi connectivity index (χ3n) is 7.13. The second kappa shape index (κ2) is 5.24. The Labute approximate surface area is 143 Å². The molecule has 0 spiro atoms. The molecule has 6 atom stereocenters. The number of carbonyl (C=O) groups is 1. The van der Waals surface area contributed by atoms with Crippen molar-refractivity contribution in [2.45, 2.75) is 51.7 Å². The fourth-order valence-corrected chi connectivity index (χ4v) is 5.57. The number of aliphatic hydroxyl groups excluding tert-OH is 2. The van der Waals surface area contributed by atoms with Crippen molar-refractivity contribution in [2.75, 3.05) is 6.61 Å². The monoisotopic (exact) mass is 338 g/mol. The van der Waals surface area contributed by atoms with Crippen LogP contribution in [-0.2, 0) is 4.79 Å². The van der Waals surface area contributed by atoms with Crippen LogP contribution in [0, 0.1) is 29.1 Å². The number of hydrogen-bond acceptors (Lipinski definition) is 4. The Hall–Kier alpha value is -1.01. The molecule has 136 valence electrons. The van der Waals surface area contributed by atoms with Gasteiger partial charge in [-0.1, -0.05) is 25.5 Å². The molecule has 4 aliphatic rings. The van der Waals surface area contributed by atoms with E-state index in [9.17, 15) is 20.1 Å². The molecule has 3 fully saturated rings. The molecule has 0 heterocycles. The van der Waals surface area contributed by atoms with E-state index in [1.54, 1.807) is 6.08 Å². The SMILES string of the molecule is CC1=C2[C@@H]3C[C@@H]4[C@H]([C@H](/C=C(/CO)[C@@H](O)CC1)C(=O)[C@]23O)C4(C)C.O.[HH]. The standard InChI is InChI=1S/C19H26O4.H2O.H2/c1-9-4-5-14(21)10(8-20)6-11-16-12(18(16,2)3)7-13-15(9)19(13,23)17(11)22;;/h6,11-14,16,20-21,23H,4-5,7-8H2,1-3H3;1H2;1H/b10-6-,15-9?;;/t11-,12+,13-,14-,16-,19+;;/m0../s1. The highest BCUT2D eigenvalue weighted by Gasteiger charge is 2.75. The first-order valence-electron chi connectivity index (χ1n) is 8.70. The smallest absolute Gasteiger partial charge is 0.176 e. The molecule has 0 saturated heterocycles. The third kappa shape index (κ3) is 2.05. The molecule has 2 bridgehead atoms. The summed E-state index contributed by atoms with van der Waals surface area (Å²) in [6, 6.07) is 0. The molecule has 0 amide bonds. The van der Waals surface area contributed by atoms with Crippen molar-refractivity contribution in [1.29, 1.82) is 0 Å². The van der Waals surface area contributed by atoms with Crippen molar-refractivity contribution in [3.05, 3.63) is 22.8 Å². The van der Waals surface area contributed by atoms with Gasteiger partial charge in [-0.3, -0.25) is 4.79 Å². The lowest BCUT2D eigenvalue weighted by molar-refractivity contribution is -0.132. The predicted octanol–water partition coefficient (Wildman–Crippen LogP) is 1.02. The summed E-state index contributed by atoms with van der Waals surface area (Å²) in [6.45, 7) is 6.11. The zero-order chi connectivity index (χ0) is 16.7. The van der Waals surface area contributed by atoms with Crippen molar-refractivity contribution in [3.63, 3.8) is 0 Å². The van der Waals surface area contributed by atoms with E-state index in [2.05, 4.69) is 13.8 Å². The Bertz CT molecular complexity index is 652. The highest BCUT2D eigenvalue weighted by Crippen LogP contribution is 2.73. The van der Waals surface area contributed by atoms with Crippen LogP contribution in [0.4, 0.5) is 0 Å². The molecule has 0 aromatic carbocycles. The molecule has 5 N–H and O–H groups in total. The van der Waals surface area contributed by atoms with Gasteiger partial charge in [0.25, 0.3) is 0 Å². The van der Waals surface area contributed by atoms with Crippen molar-refractivity contribution in [2.24, 2.45) is 29.1 Å². The lowest BCUT2D eigenvalue weighted by Crippen LogP contribution is -2.34. The van der Waals surface area contributed by atoms with Crippen LogP contribution in [-0.4, -0.2) is 44.9 Å². The molecule has 5 heteroatoms. The molecule has 0 unspecified atom stereocenters. The van der Waals surface area contributed by atoms with Crippen LogP contribution in [0.15, 0.2) is 22.8 Å². The van der Waals surface area contributed by atoms with E-state index < -0.39 is 17.6 Å². The summed E-state index contributed by atoms with van der Waals surface area (Å²) in [4.78, 5) is 13.2. The first-order valence-corrected chi connectivity index (χ1v) is 8.70. The van der Waals surface area contributed by atoms with E-state index in [4.69, 9.17) is 0 Å². The van der Waals surface area contributed by atoms with Gasteiger partial charge in [-0.15, -0.1) is 0 Å². The number of allylic oxidation sites excluding steroid dienone is 2. The molecular formula is C19H30O5. The van der Waals surface area contributed by atoms with Gasteiger partial charge in [-0.25, -0.2) is 0 Å². The van der Waals surface area contributed by atoms with Crippen LogP contribution in [0.1, 0.15) is 41.5 Å². The van der Waals surface area contributed by atoms with Gasteiger partial charge in [0.2, 0.25) is 0 Å². The summed E-state index contributed by atoms with van der Waals surface area (Å²) in [6.07, 6.45) is 3.13. The molecule has 0 aromatic heterocycles. The maximum atomic E-state index is 13.2. The van der Waals surface area contributed by atoms with E-state index in [0.717, 1.165) is 17.6 Å². The fraction of sp³-hybridized carbons (Fsp3) is 0.737. The zero-order valence-corrected chi connectivity index (χ0v) is 14.5. The van der Waals surface area contributed by atoms with E-state index >= 15 is 0 Å². The fourth-order valence-electron chi connectivity index (χ4n) is 5.57. The van der Waals surface area contributed by atoms with E-state index in [1.165, 1.54) is 0 Å². The van der Waals surface area contributed by atoms with Gasteiger partial charge in [-0.2, -0.15) is 0 Å².